The summed E-state index contributed by atoms with van der Waals surface area (Å²) in [5.41, 5.74) is 2.18. The summed E-state index contributed by atoms with van der Waals surface area (Å²) in [7, 11) is 1.59. The van der Waals surface area contributed by atoms with Crippen LogP contribution in [0.4, 0.5) is 11.6 Å². The molecule has 2 atom stereocenters. The van der Waals surface area contributed by atoms with Gasteiger partial charge >= 0.3 is 0 Å². The number of amides is 1. The first-order chi connectivity index (χ1) is 15.5. The lowest BCUT2D eigenvalue weighted by atomic mass is 9.87. The number of hydrogen-bond donors (Lipinski definition) is 2. The third-order valence-electron chi connectivity index (χ3n) is 5.37. The fraction of sp³-hybridized carbons (Fsp3) is 0.304. The number of halogens is 1. The van der Waals surface area contributed by atoms with E-state index in [9.17, 15) is 4.79 Å². The Bertz CT molecular complexity index is 1130. The second kappa shape index (κ2) is 9.50. The number of carbonyl (C=O) groups excluding carboxylic acids is 1. The number of nitrogens with one attached hydrogen (secondary N) is 1. The quantitative estimate of drug-likeness (QED) is 0.566. The van der Waals surface area contributed by atoms with Crippen molar-refractivity contribution in [3.05, 3.63) is 64.9 Å². The Kier molecular flexibility index (Phi) is 6.53. The maximum absolute atomic E-state index is 13.4. The van der Waals surface area contributed by atoms with Crippen LogP contribution in [-0.4, -0.2) is 45.2 Å². The van der Waals surface area contributed by atoms with E-state index in [-0.39, 0.29) is 12.5 Å². The molecule has 9 heteroatoms. The highest BCUT2D eigenvalue weighted by Gasteiger charge is 2.39. The summed E-state index contributed by atoms with van der Waals surface area (Å²) in [6.45, 7) is 1.88. The molecule has 0 bridgehead atoms. The van der Waals surface area contributed by atoms with Gasteiger partial charge in [0.05, 0.1) is 13.2 Å². The molecule has 0 spiro atoms. The summed E-state index contributed by atoms with van der Waals surface area (Å²) >= 11 is 6.10. The molecule has 2 unspecified atom stereocenters. The Labute approximate surface area is 190 Å². The maximum Gasteiger partial charge on any atom is 0.248 e. The molecule has 0 aliphatic carbocycles. The SMILES string of the molecule is COc1ccc(NC(=O)C2C(C)=Nc3nc(CCCO)nn3C2c2ccc(Cl)cc2)cc1. The average Bonchev–Trinajstić information content (AvgIpc) is 3.20. The van der Waals surface area contributed by atoms with Gasteiger partial charge in [0.2, 0.25) is 11.9 Å². The van der Waals surface area contributed by atoms with E-state index in [4.69, 9.17) is 21.4 Å². The first-order valence-electron chi connectivity index (χ1n) is 10.3. The fourth-order valence-corrected chi connectivity index (χ4v) is 3.91. The van der Waals surface area contributed by atoms with E-state index in [0.717, 1.165) is 5.56 Å². The summed E-state index contributed by atoms with van der Waals surface area (Å²) in [4.78, 5) is 22.5. The van der Waals surface area contributed by atoms with E-state index in [1.807, 2.05) is 19.1 Å². The van der Waals surface area contributed by atoms with Crippen molar-refractivity contribution in [1.82, 2.24) is 14.8 Å². The standard InChI is InChI=1S/C23H24ClN5O3/c1-14-20(22(31)26-17-9-11-18(32-2)12-10-17)21(15-5-7-16(24)8-6-15)29-23(25-14)27-19(28-29)4-3-13-30/h5-12,20-21,30H,3-4,13H2,1-2H3,(H,26,31). The van der Waals surface area contributed by atoms with Crippen molar-refractivity contribution < 1.29 is 14.6 Å². The van der Waals surface area contributed by atoms with Gasteiger partial charge < -0.3 is 15.2 Å². The van der Waals surface area contributed by atoms with Gasteiger partial charge in [-0.1, -0.05) is 23.7 Å². The maximum atomic E-state index is 13.4. The molecule has 1 aromatic heterocycles. The van der Waals surface area contributed by atoms with Gasteiger partial charge in [0.1, 0.15) is 11.7 Å². The Hall–Kier alpha value is -3.23. The predicted molar refractivity (Wildman–Crippen MR) is 123 cm³/mol. The second-order valence-corrected chi connectivity index (χ2v) is 7.98. The molecule has 2 N–H and O–H groups in total. The summed E-state index contributed by atoms with van der Waals surface area (Å²) in [6.07, 6.45) is 1.08. The summed E-state index contributed by atoms with van der Waals surface area (Å²) in [6, 6.07) is 14.1. The number of benzene rings is 2. The minimum absolute atomic E-state index is 0.0552. The van der Waals surface area contributed by atoms with Crippen molar-refractivity contribution in [1.29, 1.82) is 0 Å². The molecule has 1 amide bonds. The number of nitrogens with zero attached hydrogens (tertiary/aromatic N) is 4. The van der Waals surface area contributed by atoms with Crippen molar-refractivity contribution in [2.75, 3.05) is 19.0 Å². The van der Waals surface area contributed by atoms with E-state index in [0.29, 0.717) is 46.8 Å². The van der Waals surface area contributed by atoms with Crippen LogP contribution in [0.25, 0.3) is 0 Å². The Morgan fingerprint density at radius 1 is 1.19 bits per heavy atom. The zero-order valence-corrected chi connectivity index (χ0v) is 18.6. The fourth-order valence-electron chi connectivity index (χ4n) is 3.78. The smallest absolute Gasteiger partial charge is 0.248 e. The molecule has 0 fully saturated rings. The number of aliphatic hydroxyl groups excluding tert-OH is 1. The van der Waals surface area contributed by atoms with Crippen LogP contribution in [0.2, 0.25) is 5.02 Å². The number of aliphatic hydroxyl groups is 1. The molecule has 2 aromatic carbocycles. The number of aliphatic imine (C=N–C) groups is 1. The molecule has 166 valence electrons. The first kappa shape index (κ1) is 22.0. The number of ether oxygens (including phenoxy) is 1. The van der Waals surface area contributed by atoms with Crippen LogP contribution in [0, 0.1) is 5.92 Å². The molecule has 8 nitrogen and oxygen atoms in total. The van der Waals surface area contributed by atoms with Gasteiger partial charge in [-0.25, -0.2) is 9.67 Å². The zero-order chi connectivity index (χ0) is 22.7. The highest BCUT2D eigenvalue weighted by molar-refractivity contribution is 6.30. The molecule has 3 aromatic rings. The van der Waals surface area contributed by atoms with Gasteiger partial charge in [0.15, 0.2) is 5.82 Å². The molecule has 0 saturated heterocycles. The van der Waals surface area contributed by atoms with Gasteiger partial charge in [-0.15, -0.1) is 0 Å². The van der Waals surface area contributed by atoms with Crippen LogP contribution in [0.3, 0.4) is 0 Å². The van der Waals surface area contributed by atoms with Gasteiger partial charge in [-0.2, -0.15) is 10.1 Å². The van der Waals surface area contributed by atoms with Crippen molar-refractivity contribution in [3.63, 3.8) is 0 Å². The number of hydrogen-bond acceptors (Lipinski definition) is 6. The number of aromatic nitrogens is 3. The third-order valence-corrected chi connectivity index (χ3v) is 5.62. The van der Waals surface area contributed by atoms with E-state index in [1.54, 1.807) is 48.2 Å². The van der Waals surface area contributed by atoms with Crippen LogP contribution in [-0.2, 0) is 11.2 Å². The normalized spacial score (nSPS) is 17.4. The Balaban J connectivity index is 1.71. The van der Waals surface area contributed by atoms with Crippen LogP contribution in [0.15, 0.2) is 53.5 Å². The van der Waals surface area contributed by atoms with Gasteiger partial charge in [0, 0.05) is 29.4 Å². The lowest BCUT2D eigenvalue weighted by Crippen LogP contribution is -2.39. The minimum Gasteiger partial charge on any atom is -0.497 e. The number of rotatable bonds is 7. The lowest BCUT2D eigenvalue weighted by molar-refractivity contribution is -0.118. The van der Waals surface area contributed by atoms with E-state index < -0.39 is 12.0 Å². The van der Waals surface area contributed by atoms with E-state index >= 15 is 0 Å². The van der Waals surface area contributed by atoms with Crippen molar-refractivity contribution in [2.45, 2.75) is 25.8 Å². The Morgan fingerprint density at radius 3 is 2.56 bits per heavy atom. The highest BCUT2D eigenvalue weighted by atomic mass is 35.5. The summed E-state index contributed by atoms with van der Waals surface area (Å²) < 4.78 is 6.88. The number of carbonyl (C=O) groups is 1. The monoisotopic (exact) mass is 453 g/mol. The first-order valence-corrected chi connectivity index (χ1v) is 10.7. The van der Waals surface area contributed by atoms with E-state index in [2.05, 4.69) is 20.4 Å². The van der Waals surface area contributed by atoms with Gasteiger partial charge in [0.25, 0.3) is 0 Å². The predicted octanol–water partition coefficient (Wildman–Crippen LogP) is 3.82. The molecule has 0 radical (unpaired) electrons. The molecular weight excluding hydrogens is 430 g/mol. The van der Waals surface area contributed by atoms with Crippen molar-refractivity contribution >= 4 is 34.9 Å². The second-order valence-electron chi connectivity index (χ2n) is 7.54. The topological polar surface area (TPSA) is 102 Å². The van der Waals surface area contributed by atoms with Crippen LogP contribution < -0.4 is 10.1 Å². The van der Waals surface area contributed by atoms with Crippen LogP contribution in [0.5, 0.6) is 5.75 Å². The minimum atomic E-state index is -0.599. The zero-order valence-electron chi connectivity index (χ0n) is 17.8. The number of methoxy groups -OCH3 is 1. The lowest BCUT2D eigenvalue weighted by Gasteiger charge is -2.30. The number of fused-ring (bicyclic) bond motifs is 1. The number of anilines is 1. The molecule has 4 rings (SSSR count). The van der Waals surface area contributed by atoms with Gasteiger partial charge in [-0.3, -0.25) is 4.79 Å². The number of aryl methyl sites for hydroxylation is 1. The summed E-state index contributed by atoms with van der Waals surface area (Å²) in [5, 5.41) is 17.4. The molecule has 32 heavy (non-hydrogen) atoms. The summed E-state index contributed by atoms with van der Waals surface area (Å²) in [5.74, 6) is 0.942. The molecule has 1 aliphatic rings. The van der Waals surface area contributed by atoms with Gasteiger partial charge in [-0.05, 0) is 55.3 Å². The largest absolute Gasteiger partial charge is 0.497 e. The Morgan fingerprint density at radius 2 is 1.91 bits per heavy atom. The van der Waals surface area contributed by atoms with Crippen LogP contribution >= 0.6 is 11.6 Å². The molecule has 2 heterocycles. The highest BCUT2D eigenvalue weighted by Crippen LogP contribution is 2.36. The average molecular weight is 454 g/mol. The third kappa shape index (κ3) is 4.51. The van der Waals surface area contributed by atoms with Crippen molar-refractivity contribution in [3.8, 4) is 5.75 Å². The molecule has 1 aliphatic heterocycles. The van der Waals surface area contributed by atoms with Crippen molar-refractivity contribution in [2.24, 2.45) is 10.9 Å². The van der Waals surface area contributed by atoms with Crippen LogP contribution in [0.1, 0.15) is 30.8 Å². The molecular formula is C23H24ClN5O3. The molecule has 0 saturated carbocycles. The van der Waals surface area contributed by atoms with E-state index in [1.165, 1.54) is 0 Å².